The Hall–Kier alpha value is -1.67. The summed E-state index contributed by atoms with van der Waals surface area (Å²) in [5.74, 6) is 0.380. The second kappa shape index (κ2) is 5.37. The van der Waals surface area contributed by atoms with Gasteiger partial charge in [0.15, 0.2) is 4.90 Å². The van der Waals surface area contributed by atoms with E-state index in [0.29, 0.717) is 18.2 Å². The highest BCUT2D eigenvalue weighted by atomic mass is 32.2. The van der Waals surface area contributed by atoms with E-state index in [1.165, 1.54) is 29.6 Å². The molecule has 1 fully saturated rings. The predicted molar refractivity (Wildman–Crippen MR) is 75.2 cm³/mol. The average molecular weight is 299 g/mol. The van der Waals surface area contributed by atoms with Crippen molar-refractivity contribution in [2.45, 2.75) is 17.7 Å². The number of benzene rings is 1. The summed E-state index contributed by atoms with van der Waals surface area (Å²) in [6, 6.07) is 4.03. The minimum absolute atomic E-state index is 0.260. The first-order chi connectivity index (χ1) is 9.36. The lowest BCUT2D eigenvalue weighted by molar-refractivity contribution is -0.387. The highest BCUT2D eigenvalue weighted by Gasteiger charge is 2.33. The number of hydrogen-bond donors (Lipinski definition) is 1. The monoisotopic (exact) mass is 299 g/mol. The summed E-state index contributed by atoms with van der Waals surface area (Å²) in [6.07, 6.45) is 2.03. The molecule has 1 aliphatic carbocycles. The van der Waals surface area contributed by atoms with Gasteiger partial charge in [0.1, 0.15) is 0 Å². The molecule has 20 heavy (non-hydrogen) atoms. The van der Waals surface area contributed by atoms with Crippen molar-refractivity contribution in [3.05, 3.63) is 28.3 Å². The molecule has 0 amide bonds. The summed E-state index contributed by atoms with van der Waals surface area (Å²) in [5, 5.41) is 13.8. The van der Waals surface area contributed by atoms with Gasteiger partial charge in [-0.05, 0) is 30.9 Å². The highest BCUT2D eigenvalue weighted by molar-refractivity contribution is 7.89. The van der Waals surface area contributed by atoms with Crippen LogP contribution in [0.4, 0.5) is 11.4 Å². The molecule has 0 aliphatic heterocycles. The van der Waals surface area contributed by atoms with Crippen molar-refractivity contribution in [2.75, 3.05) is 26.0 Å². The lowest BCUT2D eigenvalue weighted by atomic mass is 10.3. The summed E-state index contributed by atoms with van der Waals surface area (Å²) in [5.41, 5.74) is 0.0972. The number of nitrogens with zero attached hydrogens (tertiary/aromatic N) is 2. The summed E-state index contributed by atoms with van der Waals surface area (Å²) < 4.78 is 26.0. The maximum absolute atomic E-state index is 12.4. The molecule has 0 atom stereocenters. The van der Waals surface area contributed by atoms with Crippen molar-refractivity contribution in [3.63, 3.8) is 0 Å². The third-order valence-corrected chi connectivity index (χ3v) is 5.22. The van der Waals surface area contributed by atoms with Crippen LogP contribution < -0.4 is 5.32 Å². The third kappa shape index (κ3) is 2.91. The first kappa shape index (κ1) is 14.7. The van der Waals surface area contributed by atoms with Gasteiger partial charge in [-0.15, -0.1) is 0 Å². The molecular weight excluding hydrogens is 282 g/mol. The maximum atomic E-state index is 12.4. The van der Waals surface area contributed by atoms with Crippen LogP contribution in [0.25, 0.3) is 0 Å². The van der Waals surface area contributed by atoms with Crippen molar-refractivity contribution in [3.8, 4) is 0 Å². The molecule has 110 valence electrons. The van der Waals surface area contributed by atoms with Crippen LogP contribution in [0.15, 0.2) is 23.1 Å². The van der Waals surface area contributed by atoms with Gasteiger partial charge in [0.25, 0.3) is 5.69 Å². The molecule has 0 spiro atoms. The highest BCUT2D eigenvalue weighted by Crippen LogP contribution is 2.33. The van der Waals surface area contributed by atoms with Crippen molar-refractivity contribution >= 4 is 21.4 Å². The number of nitro benzene ring substituents is 1. The maximum Gasteiger partial charge on any atom is 0.291 e. The van der Waals surface area contributed by atoms with E-state index in [4.69, 9.17) is 0 Å². The number of nitro groups is 1. The molecule has 0 aromatic heterocycles. The summed E-state index contributed by atoms with van der Waals surface area (Å²) in [4.78, 5) is 10.2. The average Bonchev–Trinajstić information content (AvgIpc) is 3.21. The Labute approximate surface area is 117 Å². The Morgan fingerprint density at radius 3 is 2.60 bits per heavy atom. The van der Waals surface area contributed by atoms with Gasteiger partial charge >= 0.3 is 0 Å². The topological polar surface area (TPSA) is 92.6 Å². The van der Waals surface area contributed by atoms with Gasteiger partial charge in [-0.25, -0.2) is 12.7 Å². The van der Waals surface area contributed by atoms with Gasteiger partial charge in [-0.2, -0.15) is 0 Å². The minimum Gasteiger partial charge on any atom is -0.388 e. The zero-order chi connectivity index (χ0) is 14.9. The van der Waals surface area contributed by atoms with Crippen molar-refractivity contribution < 1.29 is 13.3 Å². The molecule has 1 aromatic rings. The lowest BCUT2D eigenvalue weighted by Gasteiger charge is -2.17. The summed E-state index contributed by atoms with van der Waals surface area (Å²) >= 11 is 0. The van der Waals surface area contributed by atoms with Crippen LogP contribution in [0, 0.1) is 16.0 Å². The molecular formula is C12H17N3O4S. The standard InChI is InChI=1S/C12H17N3O4S/c1-13-10-5-6-12(11(7-10)15(16)17)20(18,19)14(2)8-9-3-4-9/h5-7,9,13H,3-4,8H2,1-2H3. The van der Waals surface area contributed by atoms with Crippen molar-refractivity contribution in [1.29, 1.82) is 0 Å². The molecule has 1 aromatic carbocycles. The molecule has 2 rings (SSSR count). The third-order valence-electron chi connectivity index (χ3n) is 3.34. The smallest absolute Gasteiger partial charge is 0.291 e. The molecule has 1 aliphatic rings. The Kier molecular flexibility index (Phi) is 3.96. The largest absolute Gasteiger partial charge is 0.388 e. The van der Waals surface area contributed by atoms with Gasteiger partial charge in [-0.1, -0.05) is 0 Å². The predicted octanol–water partition coefficient (Wildman–Crippen LogP) is 1.67. The number of anilines is 1. The summed E-state index contributed by atoms with van der Waals surface area (Å²) in [6.45, 7) is 0.410. The fourth-order valence-corrected chi connectivity index (χ4v) is 3.34. The molecule has 8 heteroatoms. The number of rotatable bonds is 6. The van der Waals surface area contributed by atoms with Crippen LogP contribution >= 0.6 is 0 Å². The molecule has 0 radical (unpaired) electrons. The van der Waals surface area contributed by atoms with E-state index in [9.17, 15) is 18.5 Å². The second-order valence-corrected chi connectivity index (χ2v) is 6.93. The van der Waals surface area contributed by atoms with E-state index in [0.717, 1.165) is 12.8 Å². The van der Waals surface area contributed by atoms with E-state index < -0.39 is 20.6 Å². The Morgan fingerprint density at radius 1 is 1.45 bits per heavy atom. The SMILES string of the molecule is CNc1ccc(S(=O)(=O)N(C)CC2CC2)c([N+](=O)[O-])c1. The van der Waals surface area contributed by atoms with E-state index in [1.54, 1.807) is 7.05 Å². The van der Waals surface area contributed by atoms with E-state index >= 15 is 0 Å². The zero-order valence-electron chi connectivity index (χ0n) is 11.4. The molecule has 0 bridgehead atoms. The van der Waals surface area contributed by atoms with Crippen LogP contribution in [0.1, 0.15) is 12.8 Å². The summed E-state index contributed by atoms with van der Waals surface area (Å²) in [7, 11) is -0.752. The first-order valence-electron chi connectivity index (χ1n) is 6.29. The molecule has 7 nitrogen and oxygen atoms in total. The first-order valence-corrected chi connectivity index (χ1v) is 7.73. The normalized spacial score (nSPS) is 15.3. The number of hydrogen-bond acceptors (Lipinski definition) is 5. The van der Waals surface area contributed by atoms with Crippen LogP contribution in [-0.4, -0.2) is 38.3 Å². The fourth-order valence-electron chi connectivity index (χ4n) is 1.96. The zero-order valence-corrected chi connectivity index (χ0v) is 12.2. The number of nitrogens with one attached hydrogen (secondary N) is 1. The minimum atomic E-state index is -3.83. The Balaban J connectivity index is 2.41. The van der Waals surface area contributed by atoms with Gasteiger partial charge in [-0.3, -0.25) is 10.1 Å². The quantitative estimate of drug-likeness (QED) is 0.637. The van der Waals surface area contributed by atoms with E-state index in [-0.39, 0.29) is 4.90 Å². The Bertz CT molecular complexity index is 626. The molecule has 0 saturated heterocycles. The molecule has 0 unspecified atom stereocenters. The van der Waals surface area contributed by atoms with Crippen molar-refractivity contribution in [1.82, 2.24) is 4.31 Å². The lowest BCUT2D eigenvalue weighted by Crippen LogP contribution is -2.29. The fraction of sp³-hybridized carbons (Fsp3) is 0.500. The van der Waals surface area contributed by atoms with Crippen LogP contribution in [0.5, 0.6) is 0 Å². The second-order valence-electron chi connectivity index (χ2n) is 4.92. The molecule has 0 heterocycles. The molecule has 1 saturated carbocycles. The van der Waals surface area contributed by atoms with E-state index in [2.05, 4.69) is 5.32 Å². The van der Waals surface area contributed by atoms with Crippen LogP contribution in [-0.2, 0) is 10.0 Å². The van der Waals surface area contributed by atoms with Crippen LogP contribution in [0.2, 0.25) is 0 Å². The van der Waals surface area contributed by atoms with Crippen LogP contribution in [0.3, 0.4) is 0 Å². The van der Waals surface area contributed by atoms with E-state index in [1.807, 2.05) is 0 Å². The van der Waals surface area contributed by atoms with Gasteiger partial charge in [0, 0.05) is 32.4 Å². The molecule has 1 N–H and O–H groups in total. The van der Waals surface area contributed by atoms with Gasteiger partial charge in [0.05, 0.1) is 4.92 Å². The van der Waals surface area contributed by atoms with Gasteiger partial charge in [0.2, 0.25) is 10.0 Å². The van der Waals surface area contributed by atoms with Crippen molar-refractivity contribution in [2.24, 2.45) is 5.92 Å². The van der Waals surface area contributed by atoms with Gasteiger partial charge < -0.3 is 5.32 Å². The number of sulfonamides is 1. The Morgan fingerprint density at radius 2 is 2.10 bits per heavy atom.